The first-order chi connectivity index (χ1) is 6.24. The van der Waals surface area contributed by atoms with Gasteiger partial charge < -0.3 is 4.90 Å². The number of carbonyl (C=O) groups excluding carboxylic acids is 1. The fraction of sp³-hybridized carbons (Fsp3) is 0.778. The van der Waals surface area contributed by atoms with Crippen LogP contribution in [0.5, 0.6) is 0 Å². The first kappa shape index (κ1) is 10.0. The van der Waals surface area contributed by atoms with E-state index in [1.807, 2.05) is 11.0 Å². The molecule has 1 aliphatic heterocycles. The van der Waals surface area contributed by atoms with Crippen LogP contribution in [0.2, 0.25) is 0 Å². The molecule has 0 aromatic carbocycles. The lowest BCUT2D eigenvalue weighted by atomic mass is 10.3. The van der Waals surface area contributed by atoms with Crippen LogP contribution in [0.25, 0.3) is 0 Å². The average molecular weight is 181 g/mol. The molecule has 0 saturated carbocycles. The lowest BCUT2D eigenvalue weighted by molar-refractivity contribution is -0.129. The third-order valence-electron chi connectivity index (χ3n) is 2.21. The SMILES string of the molecule is CC(C#N)NCC(=O)N1CCCC1. The van der Waals surface area contributed by atoms with Crippen LogP contribution in [0.1, 0.15) is 19.8 Å². The highest BCUT2D eigenvalue weighted by atomic mass is 16.2. The van der Waals surface area contributed by atoms with Gasteiger partial charge in [-0.15, -0.1) is 0 Å². The Kier molecular flexibility index (Phi) is 3.71. The number of rotatable bonds is 3. The van der Waals surface area contributed by atoms with E-state index in [-0.39, 0.29) is 18.5 Å². The van der Waals surface area contributed by atoms with Gasteiger partial charge in [-0.1, -0.05) is 0 Å². The van der Waals surface area contributed by atoms with Crippen LogP contribution in [-0.4, -0.2) is 36.5 Å². The van der Waals surface area contributed by atoms with E-state index in [0.717, 1.165) is 25.9 Å². The molecule has 0 aliphatic carbocycles. The highest BCUT2D eigenvalue weighted by Crippen LogP contribution is 2.06. The maximum Gasteiger partial charge on any atom is 0.236 e. The Bertz CT molecular complexity index is 215. The van der Waals surface area contributed by atoms with Gasteiger partial charge >= 0.3 is 0 Å². The number of nitriles is 1. The van der Waals surface area contributed by atoms with Crippen molar-refractivity contribution in [2.24, 2.45) is 0 Å². The average Bonchev–Trinajstić information content (AvgIpc) is 2.66. The molecule has 72 valence electrons. The summed E-state index contributed by atoms with van der Waals surface area (Å²) in [4.78, 5) is 13.3. The highest BCUT2D eigenvalue weighted by molar-refractivity contribution is 5.78. The largest absolute Gasteiger partial charge is 0.342 e. The van der Waals surface area contributed by atoms with Crippen molar-refractivity contribution in [2.45, 2.75) is 25.8 Å². The van der Waals surface area contributed by atoms with Gasteiger partial charge in [0, 0.05) is 13.1 Å². The molecule has 0 bridgehead atoms. The van der Waals surface area contributed by atoms with E-state index >= 15 is 0 Å². The second-order valence-corrected chi connectivity index (χ2v) is 3.32. The predicted octanol–water partition coefficient (Wildman–Crippen LogP) is 0.110. The lowest BCUT2D eigenvalue weighted by Gasteiger charge is -2.15. The molecule has 0 aromatic rings. The Morgan fingerprint density at radius 2 is 2.23 bits per heavy atom. The fourth-order valence-electron chi connectivity index (χ4n) is 1.36. The zero-order chi connectivity index (χ0) is 9.68. The molecule has 1 rings (SSSR count). The van der Waals surface area contributed by atoms with Crippen molar-refractivity contribution in [3.05, 3.63) is 0 Å². The van der Waals surface area contributed by atoms with E-state index in [9.17, 15) is 4.79 Å². The second-order valence-electron chi connectivity index (χ2n) is 3.32. The van der Waals surface area contributed by atoms with Crippen LogP contribution in [0.15, 0.2) is 0 Å². The molecule has 1 saturated heterocycles. The van der Waals surface area contributed by atoms with Crippen molar-refractivity contribution >= 4 is 5.91 Å². The molecule has 1 amide bonds. The Labute approximate surface area is 78.5 Å². The zero-order valence-corrected chi connectivity index (χ0v) is 7.92. The minimum atomic E-state index is -0.244. The molecule has 1 atom stereocenters. The summed E-state index contributed by atoms with van der Waals surface area (Å²) in [6, 6.07) is 1.79. The summed E-state index contributed by atoms with van der Waals surface area (Å²) in [7, 11) is 0. The van der Waals surface area contributed by atoms with Crippen molar-refractivity contribution in [1.82, 2.24) is 10.2 Å². The maximum atomic E-state index is 11.4. The van der Waals surface area contributed by atoms with E-state index in [0.29, 0.717) is 0 Å². The number of carbonyl (C=O) groups is 1. The minimum absolute atomic E-state index is 0.111. The van der Waals surface area contributed by atoms with E-state index < -0.39 is 0 Å². The van der Waals surface area contributed by atoms with Crippen LogP contribution in [0, 0.1) is 11.3 Å². The second kappa shape index (κ2) is 4.83. The normalized spacial score (nSPS) is 18.3. The third kappa shape index (κ3) is 3.03. The Hall–Kier alpha value is -1.08. The summed E-state index contributed by atoms with van der Waals surface area (Å²) in [6.07, 6.45) is 2.22. The molecule has 1 unspecified atom stereocenters. The maximum absolute atomic E-state index is 11.4. The van der Waals surface area contributed by atoms with Gasteiger partial charge in [-0.25, -0.2) is 0 Å². The standard InChI is InChI=1S/C9H15N3O/c1-8(6-10)11-7-9(13)12-4-2-3-5-12/h8,11H,2-5,7H2,1H3. The van der Waals surface area contributed by atoms with Gasteiger partial charge in [0.1, 0.15) is 0 Å². The van der Waals surface area contributed by atoms with Gasteiger partial charge in [0.15, 0.2) is 0 Å². The molecule has 0 aromatic heterocycles. The molecule has 4 heteroatoms. The molecule has 0 spiro atoms. The molecule has 1 fully saturated rings. The fourth-order valence-corrected chi connectivity index (χ4v) is 1.36. The van der Waals surface area contributed by atoms with Gasteiger partial charge in [0.05, 0.1) is 18.7 Å². The monoisotopic (exact) mass is 181 g/mol. The third-order valence-corrected chi connectivity index (χ3v) is 2.21. The Morgan fingerprint density at radius 1 is 1.62 bits per heavy atom. The van der Waals surface area contributed by atoms with Crippen molar-refractivity contribution in [1.29, 1.82) is 5.26 Å². The molecule has 13 heavy (non-hydrogen) atoms. The van der Waals surface area contributed by atoms with E-state index in [1.165, 1.54) is 0 Å². The zero-order valence-electron chi connectivity index (χ0n) is 7.92. The summed E-state index contributed by atoms with van der Waals surface area (Å²) in [5, 5.41) is 11.3. The summed E-state index contributed by atoms with van der Waals surface area (Å²) in [5.74, 6) is 0.111. The van der Waals surface area contributed by atoms with Crippen molar-refractivity contribution in [3.8, 4) is 6.07 Å². The van der Waals surface area contributed by atoms with Crippen LogP contribution in [0.3, 0.4) is 0 Å². The van der Waals surface area contributed by atoms with Gasteiger partial charge in [-0.2, -0.15) is 5.26 Å². The van der Waals surface area contributed by atoms with Crippen molar-refractivity contribution in [3.63, 3.8) is 0 Å². The molecule has 1 aliphatic rings. The summed E-state index contributed by atoms with van der Waals surface area (Å²) >= 11 is 0. The summed E-state index contributed by atoms with van der Waals surface area (Å²) in [5.41, 5.74) is 0. The molecule has 1 heterocycles. The number of hydrogen-bond donors (Lipinski definition) is 1. The van der Waals surface area contributed by atoms with Gasteiger partial charge in [-0.05, 0) is 19.8 Å². The lowest BCUT2D eigenvalue weighted by Crippen LogP contribution is -2.39. The summed E-state index contributed by atoms with van der Waals surface area (Å²) in [6.45, 7) is 3.79. The topological polar surface area (TPSA) is 56.1 Å². The quantitative estimate of drug-likeness (QED) is 0.672. The molecular formula is C9H15N3O. The Balaban J connectivity index is 2.21. The molecule has 4 nitrogen and oxygen atoms in total. The van der Waals surface area contributed by atoms with Crippen molar-refractivity contribution in [2.75, 3.05) is 19.6 Å². The van der Waals surface area contributed by atoms with Gasteiger partial charge in [-0.3, -0.25) is 10.1 Å². The van der Waals surface area contributed by atoms with Crippen LogP contribution in [-0.2, 0) is 4.79 Å². The van der Waals surface area contributed by atoms with Gasteiger partial charge in [0.2, 0.25) is 5.91 Å². The molecular weight excluding hydrogens is 166 g/mol. The number of nitrogens with zero attached hydrogens (tertiary/aromatic N) is 2. The van der Waals surface area contributed by atoms with Crippen LogP contribution in [0.4, 0.5) is 0 Å². The summed E-state index contributed by atoms with van der Waals surface area (Å²) < 4.78 is 0. The smallest absolute Gasteiger partial charge is 0.236 e. The number of likely N-dealkylation sites (tertiary alicyclic amines) is 1. The first-order valence-electron chi connectivity index (χ1n) is 4.65. The van der Waals surface area contributed by atoms with Gasteiger partial charge in [0.25, 0.3) is 0 Å². The number of hydrogen-bond acceptors (Lipinski definition) is 3. The number of nitrogens with one attached hydrogen (secondary N) is 1. The molecule has 0 radical (unpaired) electrons. The predicted molar refractivity (Wildman–Crippen MR) is 48.9 cm³/mol. The van der Waals surface area contributed by atoms with Crippen molar-refractivity contribution < 1.29 is 4.79 Å². The van der Waals surface area contributed by atoms with Crippen LogP contribution >= 0.6 is 0 Å². The Morgan fingerprint density at radius 3 is 2.77 bits per heavy atom. The van der Waals surface area contributed by atoms with E-state index in [1.54, 1.807) is 6.92 Å². The minimum Gasteiger partial charge on any atom is -0.342 e. The first-order valence-corrected chi connectivity index (χ1v) is 4.65. The van der Waals surface area contributed by atoms with Crippen LogP contribution < -0.4 is 5.32 Å². The number of amides is 1. The highest BCUT2D eigenvalue weighted by Gasteiger charge is 2.17. The van der Waals surface area contributed by atoms with E-state index in [4.69, 9.17) is 5.26 Å². The molecule has 1 N–H and O–H groups in total. The van der Waals surface area contributed by atoms with E-state index in [2.05, 4.69) is 5.32 Å².